The van der Waals surface area contributed by atoms with Crippen LogP contribution in [0.15, 0.2) is 30.3 Å². The van der Waals surface area contributed by atoms with Crippen LogP contribution in [-0.2, 0) is 4.74 Å². The van der Waals surface area contributed by atoms with E-state index in [1.807, 2.05) is 31.2 Å². The van der Waals surface area contributed by atoms with Gasteiger partial charge in [0.1, 0.15) is 11.6 Å². The van der Waals surface area contributed by atoms with Gasteiger partial charge in [0.25, 0.3) is 0 Å². The summed E-state index contributed by atoms with van der Waals surface area (Å²) in [6.07, 6.45) is -5.73. The maximum atomic E-state index is 12.8. The number of anilines is 3. The molecule has 1 unspecified atom stereocenters. The molecule has 0 spiro atoms. The Labute approximate surface area is 219 Å². The molecule has 2 aliphatic rings. The third-order valence-electron chi connectivity index (χ3n) is 6.77. The van der Waals surface area contributed by atoms with Gasteiger partial charge >= 0.3 is 12.2 Å². The van der Waals surface area contributed by atoms with E-state index in [1.54, 1.807) is 6.07 Å². The molecule has 3 heterocycles. The first-order valence-electron chi connectivity index (χ1n) is 12.7. The summed E-state index contributed by atoms with van der Waals surface area (Å²) in [5.41, 5.74) is 3.17. The molecule has 2 atom stereocenters. The summed E-state index contributed by atoms with van der Waals surface area (Å²) in [6, 6.07) is 8.84. The first-order valence-corrected chi connectivity index (χ1v) is 12.7. The van der Waals surface area contributed by atoms with Crippen molar-refractivity contribution in [1.29, 1.82) is 0 Å². The third-order valence-corrected chi connectivity index (χ3v) is 6.77. The molecule has 2 fully saturated rings. The Morgan fingerprint density at radius 1 is 1.21 bits per heavy atom. The summed E-state index contributed by atoms with van der Waals surface area (Å²) in [7, 11) is 0. The van der Waals surface area contributed by atoms with Crippen molar-refractivity contribution in [3.05, 3.63) is 35.9 Å². The number of aryl methyl sites for hydroxylation is 1. The van der Waals surface area contributed by atoms with Crippen LogP contribution in [0.2, 0.25) is 0 Å². The Morgan fingerprint density at radius 2 is 1.97 bits per heavy atom. The highest BCUT2D eigenvalue weighted by atomic mass is 19.4. The molecule has 4 N–H and O–H groups in total. The van der Waals surface area contributed by atoms with Gasteiger partial charge in [0.15, 0.2) is 0 Å². The van der Waals surface area contributed by atoms with E-state index in [-0.39, 0.29) is 26.2 Å². The quantitative estimate of drug-likeness (QED) is 0.408. The number of pyridine rings is 1. The van der Waals surface area contributed by atoms with Crippen molar-refractivity contribution >= 4 is 23.4 Å². The van der Waals surface area contributed by atoms with Crippen molar-refractivity contribution < 1.29 is 32.9 Å². The predicted molar refractivity (Wildman–Crippen MR) is 138 cm³/mol. The number of morpholine rings is 1. The number of ether oxygens (including phenoxy) is 1. The SMILES string of the molecule is Cc1ccc(NC(=O)N2CC[C@@H](CC(F)(F)F)C2)cc1-c1cc(NCC(O)CO)nc(N2CCOCC2)c1. The van der Waals surface area contributed by atoms with E-state index in [0.29, 0.717) is 44.2 Å². The smallest absolute Gasteiger partial charge is 0.389 e. The summed E-state index contributed by atoms with van der Waals surface area (Å²) < 4.78 is 43.7. The van der Waals surface area contributed by atoms with Gasteiger partial charge in [0.2, 0.25) is 0 Å². The van der Waals surface area contributed by atoms with Gasteiger partial charge in [-0.15, -0.1) is 0 Å². The zero-order valence-electron chi connectivity index (χ0n) is 21.3. The first-order chi connectivity index (χ1) is 18.1. The summed E-state index contributed by atoms with van der Waals surface area (Å²) in [4.78, 5) is 21.0. The number of aliphatic hydroxyl groups is 2. The fourth-order valence-electron chi connectivity index (χ4n) is 4.73. The van der Waals surface area contributed by atoms with Crippen LogP contribution in [-0.4, -0.2) is 91.0 Å². The van der Waals surface area contributed by atoms with Crippen LogP contribution in [0.4, 0.5) is 35.3 Å². The zero-order valence-corrected chi connectivity index (χ0v) is 21.3. The topological polar surface area (TPSA) is 110 Å². The highest BCUT2D eigenvalue weighted by Crippen LogP contribution is 2.33. The zero-order chi connectivity index (χ0) is 27.3. The molecule has 38 heavy (non-hydrogen) atoms. The van der Waals surface area contributed by atoms with Gasteiger partial charge in [-0.05, 0) is 60.2 Å². The number of nitrogens with one attached hydrogen (secondary N) is 2. The van der Waals surface area contributed by atoms with Gasteiger partial charge in [0.05, 0.1) is 25.9 Å². The lowest BCUT2D eigenvalue weighted by molar-refractivity contribution is -0.143. The van der Waals surface area contributed by atoms with E-state index in [2.05, 4.69) is 20.5 Å². The number of aliphatic hydroxyl groups excluding tert-OH is 2. The van der Waals surface area contributed by atoms with Crippen molar-refractivity contribution in [1.82, 2.24) is 9.88 Å². The molecule has 2 amide bonds. The average molecular weight is 538 g/mol. The number of halogens is 3. The second kappa shape index (κ2) is 12.2. The maximum Gasteiger partial charge on any atom is 0.389 e. The molecule has 2 aliphatic heterocycles. The molecular weight excluding hydrogens is 503 g/mol. The Bertz CT molecular complexity index is 1110. The standard InChI is InChI=1S/C26H34F3N5O4/c1-17-2-3-20(31-25(37)34-5-4-18(15-34)13-26(27,28)29)12-22(17)19-10-23(30-14-21(36)16-35)32-24(11-19)33-6-8-38-9-7-33/h2-3,10-12,18,21,35-36H,4-9,13-16H2,1H3,(H,30,32)(H,31,37)/t18-,21?/m0/s1. The van der Waals surface area contributed by atoms with Crippen LogP contribution in [0.5, 0.6) is 0 Å². The molecule has 9 nitrogen and oxygen atoms in total. The molecule has 2 aromatic rings. The number of likely N-dealkylation sites (tertiary alicyclic amines) is 1. The van der Waals surface area contributed by atoms with Gasteiger partial charge in [-0.3, -0.25) is 0 Å². The summed E-state index contributed by atoms with van der Waals surface area (Å²) in [5.74, 6) is 0.673. The molecular formula is C26H34F3N5O4. The number of carbonyl (C=O) groups excluding carboxylic acids is 1. The third kappa shape index (κ3) is 7.49. The lowest BCUT2D eigenvalue weighted by atomic mass is 10.00. The number of benzene rings is 1. The summed E-state index contributed by atoms with van der Waals surface area (Å²) >= 11 is 0. The van der Waals surface area contributed by atoms with Gasteiger partial charge in [-0.2, -0.15) is 13.2 Å². The molecule has 208 valence electrons. The van der Waals surface area contributed by atoms with Crippen molar-refractivity contribution in [2.24, 2.45) is 5.92 Å². The van der Waals surface area contributed by atoms with Crippen molar-refractivity contribution in [3.8, 4) is 11.1 Å². The van der Waals surface area contributed by atoms with Crippen LogP contribution in [0, 0.1) is 12.8 Å². The van der Waals surface area contributed by atoms with E-state index in [4.69, 9.17) is 9.84 Å². The van der Waals surface area contributed by atoms with Gasteiger partial charge in [-0.25, -0.2) is 9.78 Å². The van der Waals surface area contributed by atoms with E-state index >= 15 is 0 Å². The second-order valence-electron chi connectivity index (χ2n) is 9.80. The Hall–Kier alpha value is -3.09. The minimum absolute atomic E-state index is 0.0754. The van der Waals surface area contributed by atoms with E-state index in [1.165, 1.54) is 4.90 Å². The summed E-state index contributed by atoms with van der Waals surface area (Å²) in [6.45, 7) is 4.57. The normalized spacial score (nSPS) is 18.9. The minimum atomic E-state index is -4.24. The van der Waals surface area contributed by atoms with Crippen molar-refractivity contribution in [2.75, 3.05) is 68.1 Å². The number of hydrogen-bond acceptors (Lipinski definition) is 7. The van der Waals surface area contributed by atoms with Crippen LogP contribution >= 0.6 is 0 Å². The van der Waals surface area contributed by atoms with E-state index in [9.17, 15) is 23.1 Å². The molecule has 0 saturated carbocycles. The number of hydrogen-bond donors (Lipinski definition) is 4. The van der Waals surface area contributed by atoms with Crippen LogP contribution in [0.1, 0.15) is 18.4 Å². The predicted octanol–water partition coefficient (Wildman–Crippen LogP) is 3.46. The molecule has 1 aromatic carbocycles. The summed E-state index contributed by atoms with van der Waals surface area (Å²) in [5, 5.41) is 24.9. The molecule has 1 aromatic heterocycles. The number of alkyl halides is 3. The largest absolute Gasteiger partial charge is 0.394 e. The fourth-order valence-corrected chi connectivity index (χ4v) is 4.73. The molecule has 0 radical (unpaired) electrons. The average Bonchev–Trinajstić information content (AvgIpc) is 3.35. The van der Waals surface area contributed by atoms with E-state index in [0.717, 1.165) is 22.5 Å². The molecule has 2 saturated heterocycles. The number of rotatable bonds is 8. The molecule has 0 aliphatic carbocycles. The lowest BCUT2D eigenvalue weighted by Gasteiger charge is -2.29. The highest BCUT2D eigenvalue weighted by molar-refractivity contribution is 5.91. The Balaban J connectivity index is 1.54. The van der Waals surface area contributed by atoms with Crippen molar-refractivity contribution in [2.45, 2.75) is 32.0 Å². The van der Waals surface area contributed by atoms with E-state index < -0.39 is 30.7 Å². The fraction of sp³-hybridized carbons (Fsp3) is 0.538. The monoisotopic (exact) mass is 537 g/mol. The number of carbonyl (C=O) groups is 1. The van der Waals surface area contributed by atoms with Crippen LogP contribution in [0.25, 0.3) is 11.1 Å². The number of amides is 2. The van der Waals surface area contributed by atoms with Gasteiger partial charge < -0.3 is 35.4 Å². The van der Waals surface area contributed by atoms with Gasteiger partial charge in [0, 0.05) is 44.8 Å². The Kier molecular flexibility index (Phi) is 8.95. The van der Waals surface area contributed by atoms with Crippen LogP contribution < -0.4 is 15.5 Å². The Morgan fingerprint density at radius 3 is 2.68 bits per heavy atom. The number of aromatic nitrogens is 1. The number of nitrogens with zero attached hydrogens (tertiary/aromatic N) is 3. The van der Waals surface area contributed by atoms with Crippen LogP contribution in [0.3, 0.4) is 0 Å². The highest BCUT2D eigenvalue weighted by Gasteiger charge is 2.36. The second-order valence-corrected chi connectivity index (χ2v) is 9.80. The lowest BCUT2D eigenvalue weighted by Crippen LogP contribution is -2.36. The first kappa shape index (κ1) is 27.9. The minimum Gasteiger partial charge on any atom is -0.394 e. The van der Waals surface area contributed by atoms with Gasteiger partial charge in [-0.1, -0.05) is 6.07 Å². The van der Waals surface area contributed by atoms with Crippen molar-refractivity contribution in [3.63, 3.8) is 0 Å². The number of urea groups is 1. The molecule has 12 heteroatoms. The maximum absolute atomic E-state index is 12.8. The molecule has 0 bridgehead atoms. The molecule has 4 rings (SSSR count).